The third-order valence-electron chi connectivity index (χ3n) is 3.42. The summed E-state index contributed by atoms with van der Waals surface area (Å²) in [5, 5.41) is 9.58. The van der Waals surface area contributed by atoms with E-state index in [1.54, 1.807) is 0 Å². The molecule has 5 heteroatoms. The lowest BCUT2D eigenvalue weighted by Gasteiger charge is -2.21. The Hall–Kier alpha value is -0.970. The number of aliphatic carboxylic acids is 1. The van der Waals surface area contributed by atoms with Crippen molar-refractivity contribution in [3.63, 3.8) is 0 Å². The molecule has 2 rings (SSSR count). The maximum Gasteiger partial charge on any atom is 0.313 e. The molecule has 1 N–H and O–H groups in total. The monoisotopic (exact) mass is 254 g/mol. The normalized spacial score (nSPS) is 24.1. The van der Waals surface area contributed by atoms with Gasteiger partial charge in [-0.15, -0.1) is 0 Å². The van der Waals surface area contributed by atoms with E-state index in [9.17, 15) is 4.79 Å². The van der Waals surface area contributed by atoms with Crippen molar-refractivity contribution in [3.8, 4) is 0 Å². The topological polar surface area (TPSA) is 55.1 Å². The van der Waals surface area contributed by atoms with Gasteiger partial charge in [0.2, 0.25) is 0 Å². The Morgan fingerprint density at radius 1 is 1.65 bits per heavy atom. The van der Waals surface area contributed by atoms with E-state index in [0.717, 1.165) is 10.9 Å². The Kier molecular flexibility index (Phi) is 3.76. The SMILES string of the molecule is Cc1cnc(SCC(=O)O)n1C1CCCC1C. The lowest BCUT2D eigenvalue weighted by atomic mass is 10.1. The molecular formula is C12H18N2O2S. The molecule has 0 aliphatic heterocycles. The van der Waals surface area contributed by atoms with Crippen molar-refractivity contribution in [3.05, 3.63) is 11.9 Å². The van der Waals surface area contributed by atoms with Crippen LogP contribution in [0.25, 0.3) is 0 Å². The fraction of sp³-hybridized carbons (Fsp3) is 0.667. The smallest absolute Gasteiger partial charge is 0.313 e. The van der Waals surface area contributed by atoms with Crippen LogP contribution >= 0.6 is 11.8 Å². The summed E-state index contributed by atoms with van der Waals surface area (Å²) in [5.41, 5.74) is 1.14. The molecule has 1 aromatic rings. The van der Waals surface area contributed by atoms with E-state index >= 15 is 0 Å². The van der Waals surface area contributed by atoms with Crippen molar-refractivity contribution >= 4 is 17.7 Å². The predicted octanol–water partition coefficient (Wildman–Crippen LogP) is 2.73. The van der Waals surface area contributed by atoms with E-state index in [1.165, 1.54) is 31.0 Å². The Labute approximate surface area is 105 Å². The number of imidazole rings is 1. The summed E-state index contributed by atoms with van der Waals surface area (Å²) in [4.78, 5) is 14.9. The quantitative estimate of drug-likeness (QED) is 0.839. The zero-order chi connectivity index (χ0) is 12.4. The highest BCUT2D eigenvalue weighted by Crippen LogP contribution is 2.38. The Morgan fingerprint density at radius 3 is 3.00 bits per heavy atom. The van der Waals surface area contributed by atoms with E-state index < -0.39 is 5.97 Å². The molecule has 4 nitrogen and oxygen atoms in total. The van der Waals surface area contributed by atoms with Crippen LogP contribution in [0.1, 0.15) is 37.9 Å². The third-order valence-corrected chi connectivity index (χ3v) is 4.37. The van der Waals surface area contributed by atoms with Crippen LogP contribution in [0.4, 0.5) is 0 Å². The lowest BCUT2D eigenvalue weighted by Crippen LogP contribution is -2.14. The molecule has 1 aliphatic rings. The van der Waals surface area contributed by atoms with Crippen LogP contribution in [0, 0.1) is 12.8 Å². The van der Waals surface area contributed by atoms with Crippen LogP contribution in [-0.4, -0.2) is 26.4 Å². The summed E-state index contributed by atoms with van der Waals surface area (Å²) < 4.78 is 2.23. The number of hydrogen-bond acceptors (Lipinski definition) is 3. The minimum absolute atomic E-state index is 0.0809. The van der Waals surface area contributed by atoms with Crippen molar-refractivity contribution in [2.75, 3.05) is 5.75 Å². The first-order valence-electron chi connectivity index (χ1n) is 5.98. The molecule has 0 aromatic carbocycles. The highest BCUT2D eigenvalue weighted by atomic mass is 32.2. The molecule has 1 heterocycles. The van der Waals surface area contributed by atoms with Gasteiger partial charge < -0.3 is 9.67 Å². The number of rotatable bonds is 4. The second-order valence-corrected chi connectivity index (χ2v) is 5.65. The Bertz CT molecular complexity index is 417. The summed E-state index contributed by atoms with van der Waals surface area (Å²) in [6.45, 7) is 4.31. The fourth-order valence-electron chi connectivity index (χ4n) is 2.57. The first kappa shape index (κ1) is 12.5. The first-order valence-corrected chi connectivity index (χ1v) is 6.96. The summed E-state index contributed by atoms with van der Waals surface area (Å²) >= 11 is 1.32. The van der Waals surface area contributed by atoms with Crippen LogP contribution in [0.15, 0.2) is 11.4 Å². The average Bonchev–Trinajstić information content (AvgIpc) is 2.82. The molecule has 0 amide bonds. The van der Waals surface area contributed by atoms with Gasteiger partial charge in [-0.3, -0.25) is 4.79 Å². The van der Waals surface area contributed by atoms with Gasteiger partial charge in [-0.2, -0.15) is 0 Å². The van der Waals surface area contributed by atoms with Crippen LogP contribution in [0.3, 0.4) is 0 Å². The van der Waals surface area contributed by atoms with Gasteiger partial charge in [0.1, 0.15) is 0 Å². The molecule has 1 fully saturated rings. The van der Waals surface area contributed by atoms with E-state index in [2.05, 4.69) is 16.5 Å². The van der Waals surface area contributed by atoms with Crippen molar-refractivity contribution in [1.82, 2.24) is 9.55 Å². The largest absolute Gasteiger partial charge is 0.481 e. The maximum absolute atomic E-state index is 10.6. The third kappa shape index (κ3) is 2.65. The molecule has 1 aliphatic carbocycles. The highest BCUT2D eigenvalue weighted by Gasteiger charge is 2.27. The average molecular weight is 254 g/mol. The molecule has 1 aromatic heterocycles. The van der Waals surface area contributed by atoms with Gasteiger partial charge in [0.25, 0.3) is 0 Å². The van der Waals surface area contributed by atoms with Crippen molar-refractivity contribution in [1.29, 1.82) is 0 Å². The highest BCUT2D eigenvalue weighted by molar-refractivity contribution is 7.99. The molecule has 0 saturated heterocycles. The van der Waals surface area contributed by atoms with Gasteiger partial charge in [-0.25, -0.2) is 4.98 Å². The zero-order valence-corrected chi connectivity index (χ0v) is 11.0. The van der Waals surface area contributed by atoms with Crippen molar-refractivity contribution in [2.45, 2.75) is 44.3 Å². The van der Waals surface area contributed by atoms with Crippen molar-refractivity contribution < 1.29 is 9.90 Å². The molecule has 0 bridgehead atoms. The predicted molar refractivity (Wildman–Crippen MR) is 67.4 cm³/mol. The van der Waals surface area contributed by atoms with Gasteiger partial charge in [0, 0.05) is 17.9 Å². The van der Waals surface area contributed by atoms with Crippen LogP contribution < -0.4 is 0 Å². The van der Waals surface area contributed by atoms with Crippen molar-refractivity contribution in [2.24, 2.45) is 5.92 Å². The number of carbonyl (C=O) groups is 1. The summed E-state index contributed by atoms with van der Waals surface area (Å²) in [7, 11) is 0. The molecule has 1 saturated carbocycles. The van der Waals surface area contributed by atoms with E-state index in [-0.39, 0.29) is 5.75 Å². The molecular weight excluding hydrogens is 236 g/mol. The molecule has 94 valence electrons. The molecule has 2 atom stereocenters. The number of carboxylic acids is 1. The van der Waals surface area contributed by atoms with E-state index in [1.807, 2.05) is 13.1 Å². The molecule has 2 unspecified atom stereocenters. The second-order valence-electron chi connectivity index (χ2n) is 4.71. The minimum Gasteiger partial charge on any atom is -0.481 e. The van der Waals surface area contributed by atoms with Crippen LogP contribution in [0.2, 0.25) is 0 Å². The number of aryl methyl sites for hydroxylation is 1. The van der Waals surface area contributed by atoms with Crippen LogP contribution in [-0.2, 0) is 4.79 Å². The van der Waals surface area contributed by atoms with Gasteiger partial charge in [0.05, 0.1) is 5.75 Å². The van der Waals surface area contributed by atoms with E-state index in [4.69, 9.17) is 5.11 Å². The molecule has 0 spiro atoms. The number of nitrogens with zero attached hydrogens (tertiary/aromatic N) is 2. The number of carboxylic acid groups (broad SMARTS) is 1. The van der Waals surface area contributed by atoms with Gasteiger partial charge >= 0.3 is 5.97 Å². The maximum atomic E-state index is 10.6. The first-order chi connectivity index (χ1) is 8.09. The van der Waals surface area contributed by atoms with E-state index in [0.29, 0.717) is 12.0 Å². The Morgan fingerprint density at radius 2 is 2.41 bits per heavy atom. The molecule has 17 heavy (non-hydrogen) atoms. The number of thioether (sulfide) groups is 1. The minimum atomic E-state index is -0.790. The summed E-state index contributed by atoms with van der Waals surface area (Å²) in [5.74, 6) is -0.0499. The number of hydrogen-bond donors (Lipinski definition) is 1. The Balaban J connectivity index is 2.19. The van der Waals surface area contributed by atoms with Crippen LogP contribution in [0.5, 0.6) is 0 Å². The zero-order valence-electron chi connectivity index (χ0n) is 10.2. The molecule has 0 radical (unpaired) electrons. The lowest BCUT2D eigenvalue weighted by molar-refractivity contribution is -0.133. The van der Waals surface area contributed by atoms with Gasteiger partial charge in [-0.05, 0) is 25.7 Å². The van der Waals surface area contributed by atoms with Gasteiger partial charge in [0.15, 0.2) is 5.16 Å². The second kappa shape index (κ2) is 5.12. The number of aromatic nitrogens is 2. The summed E-state index contributed by atoms with van der Waals surface area (Å²) in [6, 6.07) is 0.494. The fourth-order valence-corrected chi connectivity index (χ4v) is 3.37. The van der Waals surface area contributed by atoms with Gasteiger partial charge in [-0.1, -0.05) is 25.1 Å². The summed E-state index contributed by atoms with van der Waals surface area (Å²) in [6.07, 6.45) is 5.53. The standard InChI is InChI=1S/C12H18N2O2S/c1-8-4-3-5-10(8)14-9(2)6-13-12(14)17-7-11(15)16/h6,8,10H,3-5,7H2,1-2H3,(H,15,16).